The lowest BCUT2D eigenvalue weighted by Crippen LogP contribution is -2.26. The number of halogens is 1. The van der Waals surface area contributed by atoms with E-state index in [9.17, 15) is 9.59 Å². The van der Waals surface area contributed by atoms with Crippen LogP contribution in [-0.2, 0) is 6.42 Å². The second-order valence-electron chi connectivity index (χ2n) is 7.28. The molecule has 32 heavy (non-hydrogen) atoms. The van der Waals surface area contributed by atoms with Crippen molar-refractivity contribution in [1.29, 1.82) is 0 Å². The summed E-state index contributed by atoms with van der Waals surface area (Å²) in [5.41, 5.74) is 7.02. The van der Waals surface area contributed by atoms with Crippen LogP contribution in [0.2, 0.25) is 5.02 Å². The molecule has 0 fully saturated rings. The summed E-state index contributed by atoms with van der Waals surface area (Å²) in [6, 6.07) is 11.4. The molecule has 1 amide bonds. The lowest BCUT2D eigenvalue weighted by atomic mass is 10.1. The van der Waals surface area contributed by atoms with Crippen molar-refractivity contribution >= 4 is 28.8 Å². The first-order chi connectivity index (χ1) is 15.4. The molecule has 1 aliphatic heterocycles. The van der Waals surface area contributed by atoms with Gasteiger partial charge in [0.2, 0.25) is 10.9 Å². The van der Waals surface area contributed by atoms with Gasteiger partial charge in [-0.1, -0.05) is 53.3 Å². The summed E-state index contributed by atoms with van der Waals surface area (Å²) in [6.45, 7) is 1.69. The van der Waals surface area contributed by atoms with Crippen LogP contribution in [0.15, 0.2) is 47.4 Å². The Morgan fingerprint density at radius 3 is 2.78 bits per heavy atom. The standard InChI is InChI=1S/C21H17ClN6O3S/c1-11-20(32-19(25-11)17(23)29)31-18-14(22)9-13(10-24-18)28-21(30)27-15(7-8-16(27)26-28)12-5-3-2-4-6-12/h2-6,9-10,15H,7-8H2,1H3,(H2,23,29)/t15-/m0/s1. The highest BCUT2D eigenvalue weighted by atomic mass is 35.5. The van der Waals surface area contributed by atoms with Gasteiger partial charge in [0, 0.05) is 6.42 Å². The molecule has 0 spiro atoms. The van der Waals surface area contributed by atoms with Gasteiger partial charge in [0.1, 0.15) is 10.8 Å². The molecule has 3 aromatic heterocycles. The van der Waals surface area contributed by atoms with E-state index in [-0.39, 0.29) is 27.6 Å². The van der Waals surface area contributed by atoms with Crippen LogP contribution < -0.4 is 16.2 Å². The molecule has 9 nitrogen and oxygen atoms in total. The van der Waals surface area contributed by atoms with E-state index in [2.05, 4.69) is 15.1 Å². The van der Waals surface area contributed by atoms with E-state index in [1.807, 2.05) is 30.3 Å². The molecule has 0 saturated heterocycles. The number of ether oxygens (including phenoxy) is 1. The van der Waals surface area contributed by atoms with Gasteiger partial charge in [0.25, 0.3) is 5.91 Å². The maximum absolute atomic E-state index is 13.2. The van der Waals surface area contributed by atoms with Crippen LogP contribution in [-0.4, -0.2) is 30.2 Å². The van der Waals surface area contributed by atoms with Gasteiger partial charge in [-0.3, -0.25) is 9.36 Å². The number of hydrogen-bond donors (Lipinski definition) is 1. The summed E-state index contributed by atoms with van der Waals surface area (Å²) < 4.78 is 8.74. The molecule has 0 aliphatic carbocycles. The van der Waals surface area contributed by atoms with Crippen molar-refractivity contribution in [2.45, 2.75) is 25.8 Å². The highest BCUT2D eigenvalue weighted by Crippen LogP contribution is 2.34. The second kappa shape index (κ2) is 7.88. The molecule has 1 atom stereocenters. The molecule has 5 rings (SSSR count). The number of fused-ring (bicyclic) bond motifs is 1. The van der Waals surface area contributed by atoms with Crippen LogP contribution in [0.1, 0.15) is 39.3 Å². The average Bonchev–Trinajstić information content (AvgIpc) is 3.45. The van der Waals surface area contributed by atoms with Crippen molar-refractivity contribution in [2.24, 2.45) is 5.73 Å². The van der Waals surface area contributed by atoms with Gasteiger partial charge in [0.15, 0.2) is 5.01 Å². The van der Waals surface area contributed by atoms with Crippen LogP contribution in [0, 0.1) is 6.92 Å². The molecule has 1 aromatic carbocycles. The largest absolute Gasteiger partial charge is 0.425 e. The first kappa shape index (κ1) is 20.4. The fraction of sp³-hybridized carbons (Fsp3) is 0.190. The molecule has 11 heteroatoms. The first-order valence-corrected chi connectivity index (χ1v) is 11.0. The monoisotopic (exact) mass is 468 g/mol. The number of aromatic nitrogens is 5. The number of aryl methyl sites for hydroxylation is 2. The zero-order valence-corrected chi connectivity index (χ0v) is 18.4. The van der Waals surface area contributed by atoms with Crippen LogP contribution in [0.5, 0.6) is 10.9 Å². The van der Waals surface area contributed by atoms with Crippen molar-refractivity contribution < 1.29 is 9.53 Å². The lowest BCUT2D eigenvalue weighted by molar-refractivity contribution is 0.1000. The Morgan fingerprint density at radius 1 is 1.31 bits per heavy atom. The Hall–Kier alpha value is -3.50. The van der Waals surface area contributed by atoms with Gasteiger partial charge in [0.05, 0.1) is 23.6 Å². The quantitative estimate of drug-likeness (QED) is 0.480. The molecule has 4 aromatic rings. The lowest BCUT2D eigenvalue weighted by Gasteiger charge is -2.12. The highest BCUT2D eigenvalue weighted by molar-refractivity contribution is 7.15. The number of primary amides is 1. The molecule has 1 aliphatic rings. The number of benzene rings is 1. The minimum absolute atomic E-state index is 0.0488. The molecule has 2 N–H and O–H groups in total. The molecule has 0 bridgehead atoms. The maximum atomic E-state index is 13.2. The molecule has 0 unspecified atom stereocenters. The van der Waals surface area contributed by atoms with E-state index in [0.29, 0.717) is 22.9 Å². The molecule has 0 radical (unpaired) electrons. The van der Waals surface area contributed by atoms with Crippen molar-refractivity contribution in [2.75, 3.05) is 0 Å². The Bertz CT molecular complexity index is 1390. The zero-order chi connectivity index (χ0) is 22.4. The topological polar surface area (TPSA) is 118 Å². The van der Waals surface area contributed by atoms with Gasteiger partial charge in [-0.2, -0.15) is 4.68 Å². The summed E-state index contributed by atoms with van der Waals surface area (Å²) in [4.78, 5) is 32.8. The number of nitrogens with zero attached hydrogens (tertiary/aromatic N) is 5. The normalized spacial score (nSPS) is 15.0. The summed E-state index contributed by atoms with van der Waals surface area (Å²) in [6.07, 6.45) is 3.00. The third-order valence-electron chi connectivity index (χ3n) is 5.21. The fourth-order valence-electron chi connectivity index (χ4n) is 3.73. The van der Waals surface area contributed by atoms with E-state index < -0.39 is 5.91 Å². The van der Waals surface area contributed by atoms with Crippen LogP contribution in [0.25, 0.3) is 5.69 Å². The maximum Gasteiger partial charge on any atom is 0.351 e. The predicted molar refractivity (Wildman–Crippen MR) is 119 cm³/mol. The van der Waals surface area contributed by atoms with E-state index in [0.717, 1.165) is 29.1 Å². The smallest absolute Gasteiger partial charge is 0.351 e. The Kier molecular flexibility index (Phi) is 5.03. The third-order valence-corrected chi connectivity index (χ3v) is 6.53. The minimum Gasteiger partial charge on any atom is -0.425 e. The summed E-state index contributed by atoms with van der Waals surface area (Å²) in [7, 11) is 0. The molecular weight excluding hydrogens is 452 g/mol. The molecule has 4 heterocycles. The van der Waals surface area contributed by atoms with Crippen molar-refractivity contribution in [1.82, 2.24) is 24.3 Å². The number of nitrogens with two attached hydrogens (primary N) is 1. The fourth-order valence-corrected chi connectivity index (χ4v) is 4.70. The summed E-state index contributed by atoms with van der Waals surface area (Å²) in [5.74, 6) is 0.211. The van der Waals surface area contributed by atoms with E-state index >= 15 is 0 Å². The number of hydrogen-bond acceptors (Lipinski definition) is 7. The highest BCUT2D eigenvalue weighted by Gasteiger charge is 2.29. The second-order valence-corrected chi connectivity index (χ2v) is 8.65. The van der Waals surface area contributed by atoms with Gasteiger partial charge in [-0.15, -0.1) is 5.10 Å². The van der Waals surface area contributed by atoms with Crippen molar-refractivity contribution in [3.8, 4) is 16.6 Å². The Labute approximate surface area is 191 Å². The predicted octanol–water partition coefficient (Wildman–Crippen LogP) is 3.27. The zero-order valence-electron chi connectivity index (χ0n) is 16.9. The summed E-state index contributed by atoms with van der Waals surface area (Å²) >= 11 is 7.39. The van der Waals surface area contributed by atoms with Gasteiger partial charge < -0.3 is 10.5 Å². The van der Waals surface area contributed by atoms with Crippen LogP contribution in [0.4, 0.5) is 0 Å². The number of carbonyl (C=O) groups excluding carboxylic acids is 1. The van der Waals surface area contributed by atoms with E-state index in [1.165, 1.54) is 10.9 Å². The number of thiazole rings is 1. The van der Waals surface area contributed by atoms with Crippen LogP contribution >= 0.6 is 22.9 Å². The Balaban J connectivity index is 1.46. The van der Waals surface area contributed by atoms with E-state index in [1.54, 1.807) is 17.6 Å². The van der Waals surface area contributed by atoms with Crippen molar-refractivity contribution in [3.05, 3.63) is 80.2 Å². The number of carbonyl (C=O) groups is 1. The molecule has 162 valence electrons. The van der Waals surface area contributed by atoms with E-state index in [4.69, 9.17) is 22.1 Å². The average molecular weight is 469 g/mol. The molecule has 0 saturated carbocycles. The SMILES string of the molecule is Cc1nc(C(N)=O)sc1Oc1ncc(-n2nc3n(c2=O)[C@H](c2ccccc2)CC3)cc1Cl. The number of pyridine rings is 1. The van der Waals surface area contributed by atoms with Gasteiger partial charge in [-0.05, 0) is 25.0 Å². The van der Waals surface area contributed by atoms with Crippen molar-refractivity contribution in [3.63, 3.8) is 0 Å². The summed E-state index contributed by atoms with van der Waals surface area (Å²) in [5, 5.41) is 5.19. The molecular formula is C21H17ClN6O3S. The Morgan fingerprint density at radius 2 is 2.09 bits per heavy atom. The van der Waals surface area contributed by atoms with Gasteiger partial charge >= 0.3 is 5.69 Å². The third kappa shape index (κ3) is 3.47. The van der Waals surface area contributed by atoms with Crippen LogP contribution in [0.3, 0.4) is 0 Å². The van der Waals surface area contributed by atoms with Gasteiger partial charge in [-0.25, -0.2) is 14.8 Å². The number of rotatable bonds is 5. The first-order valence-electron chi connectivity index (χ1n) is 9.78. The number of amides is 1. The minimum atomic E-state index is -0.636.